The van der Waals surface area contributed by atoms with Gasteiger partial charge in [0.25, 0.3) is 0 Å². The molecule has 1 aromatic rings. The van der Waals surface area contributed by atoms with Crippen molar-refractivity contribution in [2.24, 2.45) is 5.92 Å². The number of rotatable bonds is 6. The SMILES string of the molecule is COc1c(N)cc(S(=O)(=O)NCC(C)CO)cc1F. The zero-order valence-corrected chi connectivity index (χ0v) is 11.5. The third-order valence-corrected chi connectivity index (χ3v) is 3.90. The van der Waals surface area contributed by atoms with Gasteiger partial charge in [-0.1, -0.05) is 6.92 Å². The zero-order valence-electron chi connectivity index (χ0n) is 10.7. The highest BCUT2D eigenvalue weighted by Gasteiger charge is 2.19. The van der Waals surface area contributed by atoms with Crippen LogP contribution in [-0.2, 0) is 10.0 Å². The lowest BCUT2D eigenvalue weighted by atomic mass is 10.2. The van der Waals surface area contributed by atoms with Crippen LogP contribution in [0.1, 0.15) is 6.92 Å². The van der Waals surface area contributed by atoms with Crippen LogP contribution in [0.15, 0.2) is 17.0 Å². The predicted octanol–water partition coefficient (Wildman–Crippen LogP) is 0.323. The first kappa shape index (κ1) is 15.7. The first-order valence-electron chi connectivity index (χ1n) is 5.55. The molecule has 108 valence electrons. The van der Waals surface area contributed by atoms with E-state index in [4.69, 9.17) is 15.6 Å². The number of hydrogen-bond donors (Lipinski definition) is 3. The van der Waals surface area contributed by atoms with Gasteiger partial charge in [0.1, 0.15) is 0 Å². The number of ether oxygens (including phenoxy) is 1. The minimum absolute atomic E-state index is 0.0480. The van der Waals surface area contributed by atoms with Gasteiger partial charge in [-0.3, -0.25) is 0 Å². The van der Waals surface area contributed by atoms with E-state index in [2.05, 4.69) is 4.72 Å². The van der Waals surface area contributed by atoms with Crippen molar-refractivity contribution in [1.29, 1.82) is 0 Å². The average Bonchev–Trinajstić information content (AvgIpc) is 2.35. The minimum atomic E-state index is -3.87. The van der Waals surface area contributed by atoms with E-state index in [1.807, 2.05) is 0 Å². The first-order valence-corrected chi connectivity index (χ1v) is 7.03. The standard InChI is InChI=1S/C11H17FN2O4S/c1-7(6-15)5-14-19(16,17)8-3-9(12)11(18-2)10(13)4-8/h3-4,7,14-15H,5-6,13H2,1-2H3. The first-order chi connectivity index (χ1) is 8.81. The van der Waals surface area contributed by atoms with Gasteiger partial charge < -0.3 is 15.6 Å². The summed E-state index contributed by atoms with van der Waals surface area (Å²) in [5.41, 5.74) is 5.42. The number of nitrogen functional groups attached to an aromatic ring is 1. The van der Waals surface area contributed by atoms with Crippen LogP contribution in [-0.4, -0.2) is 33.8 Å². The summed E-state index contributed by atoms with van der Waals surface area (Å²) in [5, 5.41) is 8.83. The van der Waals surface area contributed by atoms with Crippen molar-refractivity contribution in [3.63, 3.8) is 0 Å². The number of halogens is 1. The Labute approximate surface area is 111 Å². The van der Waals surface area contributed by atoms with Crippen molar-refractivity contribution in [1.82, 2.24) is 4.72 Å². The van der Waals surface area contributed by atoms with Crippen molar-refractivity contribution < 1.29 is 22.7 Å². The summed E-state index contributed by atoms with van der Waals surface area (Å²) >= 11 is 0. The molecule has 0 heterocycles. The van der Waals surface area contributed by atoms with Crippen LogP contribution in [0.5, 0.6) is 5.75 Å². The number of aliphatic hydroxyl groups is 1. The van der Waals surface area contributed by atoms with E-state index < -0.39 is 15.8 Å². The zero-order chi connectivity index (χ0) is 14.6. The molecule has 0 spiro atoms. The average molecular weight is 292 g/mol. The summed E-state index contributed by atoms with van der Waals surface area (Å²) < 4.78 is 44.3. The van der Waals surface area contributed by atoms with Gasteiger partial charge in [0.2, 0.25) is 10.0 Å². The second-order valence-corrected chi connectivity index (χ2v) is 5.93. The third-order valence-electron chi connectivity index (χ3n) is 2.49. The number of nitrogens with two attached hydrogens (primary N) is 1. The molecule has 0 aliphatic rings. The van der Waals surface area contributed by atoms with Crippen LogP contribution >= 0.6 is 0 Å². The Hall–Kier alpha value is -1.38. The van der Waals surface area contributed by atoms with E-state index in [0.717, 1.165) is 12.1 Å². The molecule has 1 atom stereocenters. The van der Waals surface area contributed by atoms with Gasteiger partial charge in [-0.05, 0) is 18.1 Å². The van der Waals surface area contributed by atoms with Gasteiger partial charge in [-0.25, -0.2) is 17.5 Å². The fraction of sp³-hybridized carbons (Fsp3) is 0.455. The van der Waals surface area contributed by atoms with Gasteiger partial charge in [0.15, 0.2) is 11.6 Å². The quantitative estimate of drug-likeness (QED) is 0.656. The molecule has 0 aromatic heterocycles. The Morgan fingerprint density at radius 1 is 1.53 bits per heavy atom. The van der Waals surface area contributed by atoms with E-state index in [-0.39, 0.29) is 35.4 Å². The fourth-order valence-electron chi connectivity index (χ4n) is 1.36. The number of benzene rings is 1. The maximum atomic E-state index is 13.6. The van der Waals surface area contributed by atoms with Crippen LogP contribution < -0.4 is 15.2 Å². The summed E-state index contributed by atoms with van der Waals surface area (Å²) in [6.45, 7) is 1.57. The summed E-state index contributed by atoms with van der Waals surface area (Å²) in [5.74, 6) is -1.28. The Bertz CT molecular complexity index is 525. The molecule has 0 saturated carbocycles. The molecular weight excluding hydrogens is 275 g/mol. The lowest BCUT2D eigenvalue weighted by Crippen LogP contribution is -2.29. The van der Waals surface area contributed by atoms with Gasteiger partial charge in [0, 0.05) is 13.2 Å². The molecule has 0 radical (unpaired) electrons. The molecule has 0 aliphatic heterocycles. The fourth-order valence-corrected chi connectivity index (χ4v) is 2.57. The molecule has 1 unspecified atom stereocenters. The topological polar surface area (TPSA) is 102 Å². The second kappa shape index (κ2) is 6.18. The van der Waals surface area contributed by atoms with Crippen LogP contribution in [0.4, 0.5) is 10.1 Å². The second-order valence-electron chi connectivity index (χ2n) is 4.17. The summed E-state index contributed by atoms with van der Waals surface area (Å²) in [7, 11) is -2.63. The van der Waals surface area contributed by atoms with Crippen molar-refractivity contribution in [2.45, 2.75) is 11.8 Å². The highest BCUT2D eigenvalue weighted by atomic mass is 32.2. The molecule has 0 amide bonds. The molecule has 4 N–H and O–H groups in total. The van der Waals surface area contributed by atoms with Crippen LogP contribution in [0.25, 0.3) is 0 Å². The van der Waals surface area contributed by atoms with Crippen molar-refractivity contribution in [3.8, 4) is 5.75 Å². The lowest BCUT2D eigenvalue weighted by Gasteiger charge is -2.12. The molecule has 1 rings (SSSR count). The maximum absolute atomic E-state index is 13.6. The largest absolute Gasteiger partial charge is 0.492 e. The van der Waals surface area contributed by atoms with E-state index in [1.54, 1.807) is 6.92 Å². The molecule has 8 heteroatoms. The molecule has 1 aromatic carbocycles. The van der Waals surface area contributed by atoms with Gasteiger partial charge in [-0.2, -0.15) is 0 Å². The summed E-state index contributed by atoms with van der Waals surface area (Å²) in [4.78, 5) is -0.284. The molecule has 19 heavy (non-hydrogen) atoms. The van der Waals surface area contributed by atoms with Crippen LogP contribution in [0.3, 0.4) is 0 Å². The van der Waals surface area contributed by atoms with E-state index in [0.29, 0.717) is 0 Å². The number of nitrogens with one attached hydrogen (secondary N) is 1. The minimum Gasteiger partial charge on any atom is -0.492 e. The molecule has 0 aliphatic carbocycles. The van der Waals surface area contributed by atoms with Gasteiger partial charge in [-0.15, -0.1) is 0 Å². The molecule has 0 saturated heterocycles. The molecule has 0 fully saturated rings. The van der Waals surface area contributed by atoms with Crippen molar-refractivity contribution in [3.05, 3.63) is 17.9 Å². The van der Waals surface area contributed by atoms with E-state index in [9.17, 15) is 12.8 Å². The van der Waals surface area contributed by atoms with Gasteiger partial charge >= 0.3 is 0 Å². The number of sulfonamides is 1. The Morgan fingerprint density at radius 3 is 2.63 bits per heavy atom. The van der Waals surface area contributed by atoms with Gasteiger partial charge in [0.05, 0.1) is 17.7 Å². The van der Waals surface area contributed by atoms with Crippen molar-refractivity contribution in [2.75, 3.05) is 26.0 Å². The Kier molecular flexibility index (Phi) is 5.10. The Morgan fingerprint density at radius 2 is 2.16 bits per heavy atom. The highest BCUT2D eigenvalue weighted by molar-refractivity contribution is 7.89. The lowest BCUT2D eigenvalue weighted by molar-refractivity contribution is 0.238. The predicted molar refractivity (Wildman–Crippen MR) is 68.8 cm³/mol. The summed E-state index contributed by atoms with van der Waals surface area (Å²) in [6.07, 6.45) is 0. The monoisotopic (exact) mass is 292 g/mol. The van der Waals surface area contributed by atoms with E-state index in [1.165, 1.54) is 7.11 Å². The normalized spacial score (nSPS) is 13.3. The number of methoxy groups -OCH3 is 1. The van der Waals surface area contributed by atoms with Crippen molar-refractivity contribution >= 4 is 15.7 Å². The van der Waals surface area contributed by atoms with Crippen LogP contribution in [0, 0.1) is 11.7 Å². The molecule has 6 nitrogen and oxygen atoms in total. The number of anilines is 1. The highest BCUT2D eigenvalue weighted by Crippen LogP contribution is 2.28. The van der Waals surface area contributed by atoms with E-state index >= 15 is 0 Å². The summed E-state index contributed by atoms with van der Waals surface area (Å²) in [6, 6.07) is 1.95. The Balaban J connectivity index is 3.02. The van der Waals surface area contributed by atoms with Crippen LogP contribution in [0.2, 0.25) is 0 Å². The molecular formula is C11H17FN2O4S. The molecule has 0 bridgehead atoms. The maximum Gasteiger partial charge on any atom is 0.240 e. The number of aliphatic hydroxyl groups excluding tert-OH is 1. The third kappa shape index (κ3) is 3.79. The smallest absolute Gasteiger partial charge is 0.240 e. The number of hydrogen-bond acceptors (Lipinski definition) is 5.